The molecule has 0 radical (unpaired) electrons. The van der Waals surface area contributed by atoms with E-state index in [-0.39, 0.29) is 11.0 Å². The maximum Gasteiger partial charge on any atom is 0.156 e. The van der Waals surface area contributed by atoms with E-state index in [2.05, 4.69) is 0 Å². The molecule has 2 rings (SSSR count). The van der Waals surface area contributed by atoms with Gasteiger partial charge in [-0.2, -0.15) is 0 Å². The lowest BCUT2D eigenvalue weighted by molar-refractivity contribution is 0.586. The summed E-state index contributed by atoms with van der Waals surface area (Å²) in [5.41, 5.74) is 1.69. The van der Waals surface area contributed by atoms with Crippen molar-refractivity contribution in [2.24, 2.45) is 7.05 Å². The third-order valence-electron chi connectivity index (χ3n) is 3.11. The minimum atomic E-state index is -3.10. The first-order valence-electron chi connectivity index (χ1n) is 5.77. The van der Waals surface area contributed by atoms with E-state index in [1.807, 2.05) is 36.0 Å². The van der Waals surface area contributed by atoms with Gasteiger partial charge in [-0.25, -0.2) is 8.42 Å². The second kappa shape index (κ2) is 4.59. The third kappa shape index (κ3) is 2.27. The van der Waals surface area contributed by atoms with Crippen molar-refractivity contribution in [1.29, 1.82) is 0 Å². The number of halogens is 1. The minimum absolute atomic E-state index is 0.0579. The topological polar surface area (TPSA) is 39.1 Å². The molecule has 0 aliphatic heterocycles. The van der Waals surface area contributed by atoms with Crippen LogP contribution in [0.4, 0.5) is 0 Å². The normalized spacial score (nSPS) is 12.5. The molecule has 98 valence electrons. The Morgan fingerprint density at radius 2 is 2.00 bits per heavy atom. The monoisotopic (exact) mass is 285 g/mol. The fraction of sp³-hybridized carbons (Fsp3) is 0.385. The van der Waals surface area contributed by atoms with Gasteiger partial charge in [-0.15, -0.1) is 0 Å². The number of para-hydroxylation sites is 1. The molecule has 0 saturated heterocycles. The number of aromatic nitrogens is 1. The van der Waals surface area contributed by atoms with Crippen LogP contribution in [0.1, 0.15) is 19.4 Å². The second-order valence-corrected chi connectivity index (χ2v) is 7.72. The number of fused-ring (bicyclic) bond motifs is 1. The first-order chi connectivity index (χ1) is 8.33. The van der Waals surface area contributed by atoms with Gasteiger partial charge in [0.15, 0.2) is 9.84 Å². The zero-order valence-corrected chi connectivity index (χ0v) is 12.2. The molecule has 5 heteroatoms. The van der Waals surface area contributed by atoms with E-state index in [4.69, 9.17) is 11.6 Å². The molecule has 0 aliphatic carbocycles. The highest BCUT2D eigenvalue weighted by atomic mass is 35.5. The van der Waals surface area contributed by atoms with Crippen LogP contribution in [0.3, 0.4) is 0 Å². The molecule has 0 unspecified atom stereocenters. The van der Waals surface area contributed by atoms with Gasteiger partial charge in [0.2, 0.25) is 0 Å². The van der Waals surface area contributed by atoms with E-state index in [1.165, 1.54) is 0 Å². The van der Waals surface area contributed by atoms with Crippen molar-refractivity contribution in [2.45, 2.75) is 24.9 Å². The molecule has 3 nitrogen and oxygen atoms in total. The van der Waals surface area contributed by atoms with E-state index in [0.717, 1.165) is 16.5 Å². The predicted octanol–water partition coefficient (Wildman–Crippen LogP) is 3.15. The molecule has 0 spiro atoms. The van der Waals surface area contributed by atoms with Crippen LogP contribution in [0, 0.1) is 0 Å². The van der Waals surface area contributed by atoms with Gasteiger partial charge >= 0.3 is 0 Å². The average Bonchev–Trinajstić information content (AvgIpc) is 2.56. The molecule has 0 bridgehead atoms. The molecule has 0 amide bonds. The van der Waals surface area contributed by atoms with Crippen molar-refractivity contribution >= 4 is 32.3 Å². The molecule has 2 aromatic rings. The first-order valence-corrected chi connectivity index (χ1v) is 7.86. The van der Waals surface area contributed by atoms with Gasteiger partial charge in [0, 0.05) is 18.6 Å². The maximum atomic E-state index is 12.0. The minimum Gasteiger partial charge on any atom is -0.349 e. The zero-order valence-electron chi connectivity index (χ0n) is 10.6. The van der Waals surface area contributed by atoms with Crippen molar-refractivity contribution in [3.8, 4) is 0 Å². The molecule has 18 heavy (non-hydrogen) atoms. The lowest BCUT2D eigenvalue weighted by Crippen LogP contribution is -2.15. The summed E-state index contributed by atoms with van der Waals surface area (Å²) in [6.07, 6.45) is 1.84. The molecular formula is C13H16ClNO2S. The summed E-state index contributed by atoms with van der Waals surface area (Å²) in [5.74, 6) is 0.0579. The smallest absolute Gasteiger partial charge is 0.156 e. The lowest BCUT2D eigenvalue weighted by atomic mass is 10.2. The van der Waals surface area contributed by atoms with Crippen molar-refractivity contribution in [3.63, 3.8) is 0 Å². The van der Waals surface area contributed by atoms with Crippen molar-refractivity contribution < 1.29 is 8.42 Å². The number of hydrogen-bond acceptors (Lipinski definition) is 2. The molecule has 0 fully saturated rings. The Hall–Kier alpha value is -1.00. The SMILES string of the molecule is CC(C)S(=O)(=O)Cc1cn(C)c2c(Cl)cccc12. The van der Waals surface area contributed by atoms with Crippen LogP contribution in [-0.2, 0) is 22.6 Å². The lowest BCUT2D eigenvalue weighted by Gasteiger charge is -2.06. The van der Waals surface area contributed by atoms with E-state index in [0.29, 0.717) is 5.02 Å². The zero-order chi connectivity index (χ0) is 13.5. The number of aryl methyl sites for hydroxylation is 1. The first kappa shape index (κ1) is 13.4. The fourth-order valence-corrected chi connectivity index (χ4v) is 3.30. The van der Waals surface area contributed by atoms with Gasteiger partial charge in [-0.1, -0.05) is 23.7 Å². The van der Waals surface area contributed by atoms with Crippen molar-refractivity contribution in [2.75, 3.05) is 0 Å². The summed E-state index contributed by atoms with van der Waals surface area (Å²) in [6, 6.07) is 5.56. The molecular weight excluding hydrogens is 270 g/mol. The Balaban J connectivity index is 2.58. The summed E-state index contributed by atoms with van der Waals surface area (Å²) in [6.45, 7) is 3.40. The van der Waals surface area contributed by atoms with Crippen molar-refractivity contribution in [3.05, 3.63) is 35.0 Å². The van der Waals surface area contributed by atoms with Crippen molar-refractivity contribution in [1.82, 2.24) is 4.57 Å². The molecule has 1 heterocycles. The molecule has 0 aliphatic rings. The second-order valence-electron chi connectivity index (χ2n) is 4.76. The highest BCUT2D eigenvalue weighted by molar-refractivity contribution is 7.91. The Labute approximate surface area is 112 Å². The Morgan fingerprint density at radius 1 is 1.33 bits per heavy atom. The summed E-state index contributed by atoms with van der Waals surface area (Å²) in [7, 11) is -1.22. The van der Waals surface area contributed by atoms with Gasteiger partial charge in [-0.05, 0) is 25.5 Å². The number of sulfone groups is 1. The van der Waals surface area contributed by atoms with Crippen LogP contribution in [0.25, 0.3) is 10.9 Å². The van der Waals surface area contributed by atoms with Crippen LogP contribution >= 0.6 is 11.6 Å². The molecule has 1 aromatic carbocycles. The van der Waals surface area contributed by atoms with Crippen LogP contribution in [-0.4, -0.2) is 18.2 Å². The molecule has 0 saturated carbocycles. The third-order valence-corrected chi connectivity index (χ3v) is 5.56. The number of hydrogen-bond donors (Lipinski definition) is 0. The Kier molecular flexibility index (Phi) is 3.43. The summed E-state index contributed by atoms with van der Waals surface area (Å²) in [4.78, 5) is 0. The maximum absolute atomic E-state index is 12.0. The number of benzene rings is 1. The fourth-order valence-electron chi connectivity index (χ4n) is 2.00. The highest BCUT2D eigenvalue weighted by Gasteiger charge is 2.20. The van der Waals surface area contributed by atoms with E-state index >= 15 is 0 Å². The Bertz CT molecular complexity index is 686. The van der Waals surface area contributed by atoms with E-state index < -0.39 is 9.84 Å². The largest absolute Gasteiger partial charge is 0.349 e. The summed E-state index contributed by atoms with van der Waals surface area (Å²) in [5, 5.41) is 1.18. The van der Waals surface area contributed by atoms with Gasteiger partial charge < -0.3 is 4.57 Å². The van der Waals surface area contributed by atoms with Gasteiger partial charge in [0.05, 0.1) is 21.5 Å². The quantitative estimate of drug-likeness (QED) is 0.869. The molecule has 0 atom stereocenters. The van der Waals surface area contributed by atoms with Crippen LogP contribution in [0.2, 0.25) is 5.02 Å². The van der Waals surface area contributed by atoms with Gasteiger partial charge in [-0.3, -0.25) is 0 Å². The van der Waals surface area contributed by atoms with E-state index in [9.17, 15) is 8.42 Å². The molecule has 0 N–H and O–H groups in total. The van der Waals surface area contributed by atoms with E-state index in [1.54, 1.807) is 13.8 Å². The standard InChI is InChI=1S/C13H16ClNO2S/c1-9(2)18(16,17)8-10-7-15(3)13-11(10)5-4-6-12(13)14/h4-7,9H,8H2,1-3H3. The summed E-state index contributed by atoms with van der Waals surface area (Å²) >= 11 is 6.14. The number of rotatable bonds is 3. The van der Waals surface area contributed by atoms with Crippen LogP contribution in [0.15, 0.2) is 24.4 Å². The van der Waals surface area contributed by atoms with Gasteiger partial charge in [0.1, 0.15) is 0 Å². The van der Waals surface area contributed by atoms with Crippen LogP contribution in [0.5, 0.6) is 0 Å². The predicted molar refractivity (Wildman–Crippen MR) is 75.7 cm³/mol. The van der Waals surface area contributed by atoms with Gasteiger partial charge in [0.25, 0.3) is 0 Å². The average molecular weight is 286 g/mol. The summed E-state index contributed by atoms with van der Waals surface area (Å²) < 4.78 is 25.9. The highest BCUT2D eigenvalue weighted by Crippen LogP contribution is 2.28. The van der Waals surface area contributed by atoms with Crippen LogP contribution < -0.4 is 0 Å². The molecule has 1 aromatic heterocycles. The number of nitrogens with zero attached hydrogens (tertiary/aromatic N) is 1. The Morgan fingerprint density at radius 3 is 2.61 bits per heavy atom.